The Bertz CT molecular complexity index is 564. The maximum atomic E-state index is 11.8. The van der Waals surface area contributed by atoms with E-state index in [4.69, 9.17) is 0 Å². The third-order valence-corrected chi connectivity index (χ3v) is 3.81. The zero-order valence-corrected chi connectivity index (χ0v) is 13.7. The van der Waals surface area contributed by atoms with E-state index in [0.717, 1.165) is 17.8 Å². The highest BCUT2D eigenvalue weighted by molar-refractivity contribution is 5.88. The average Bonchev–Trinajstić information content (AvgIpc) is 2.55. The summed E-state index contributed by atoms with van der Waals surface area (Å²) >= 11 is 0. The summed E-state index contributed by atoms with van der Waals surface area (Å²) < 4.78 is 0. The molecule has 124 valence electrons. The molecule has 1 aliphatic carbocycles. The first-order chi connectivity index (χ1) is 11.1. The maximum Gasteiger partial charge on any atom is 0.239 e. The van der Waals surface area contributed by atoms with E-state index in [1.54, 1.807) is 12.1 Å². The van der Waals surface area contributed by atoms with Crippen LogP contribution in [0.1, 0.15) is 39.0 Å². The van der Waals surface area contributed by atoms with Crippen molar-refractivity contribution in [2.75, 3.05) is 23.7 Å². The lowest BCUT2D eigenvalue weighted by Gasteiger charge is -2.13. The number of rotatable bonds is 7. The smallest absolute Gasteiger partial charge is 0.239 e. The molecule has 2 amide bonds. The van der Waals surface area contributed by atoms with Crippen LogP contribution in [-0.4, -0.2) is 24.9 Å². The number of allylic oxidation sites excluding steroid dienone is 1. The molecule has 0 saturated heterocycles. The van der Waals surface area contributed by atoms with Gasteiger partial charge in [0.2, 0.25) is 11.8 Å². The molecule has 0 aliphatic heterocycles. The summed E-state index contributed by atoms with van der Waals surface area (Å²) in [5, 5.41) is 8.72. The van der Waals surface area contributed by atoms with E-state index in [1.165, 1.54) is 38.2 Å². The normalized spacial score (nSPS) is 13.9. The molecule has 0 spiro atoms. The van der Waals surface area contributed by atoms with Crippen LogP contribution in [0.5, 0.6) is 0 Å². The van der Waals surface area contributed by atoms with Crippen LogP contribution in [0.2, 0.25) is 0 Å². The van der Waals surface area contributed by atoms with Gasteiger partial charge in [0, 0.05) is 24.8 Å². The zero-order valence-electron chi connectivity index (χ0n) is 13.7. The molecule has 0 saturated carbocycles. The van der Waals surface area contributed by atoms with Gasteiger partial charge in [-0.2, -0.15) is 0 Å². The van der Waals surface area contributed by atoms with Crippen molar-refractivity contribution in [1.82, 2.24) is 5.32 Å². The molecule has 1 aromatic rings. The molecule has 0 radical (unpaired) electrons. The summed E-state index contributed by atoms with van der Waals surface area (Å²) in [6, 6.07) is 7.28. The zero-order chi connectivity index (χ0) is 16.5. The Hall–Kier alpha value is -2.30. The Labute approximate surface area is 137 Å². The summed E-state index contributed by atoms with van der Waals surface area (Å²) in [6.45, 7) is 2.42. The quantitative estimate of drug-likeness (QED) is 0.677. The maximum absolute atomic E-state index is 11.8. The second kappa shape index (κ2) is 8.98. The molecule has 5 heteroatoms. The van der Waals surface area contributed by atoms with Crippen molar-refractivity contribution in [3.8, 4) is 0 Å². The van der Waals surface area contributed by atoms with Crippen LogP contribution in [0.15, 0.2) is 35.9 Å². The van der Waals surface area contributed by atoms with Crippen LogP contribution in [0.25, 0.3) is 0 Å². The van der Waals surface area contributed by atoms with Gasteiger partial charge in [-0.3, -0.25) is 9.59 Å². The predicted octanol–water partition coefficient (Wildman–Crippen LogP) is 3.06. The standard InChI is InChI=1S/C18H25N3O2/c1-14(22)21-17-9-7-16(8-10-17)20-13-18(23)19-12-11-15-5-3-2-4-6-15/h5,7-10,20H,2-4,6,11-13H2,1H3,(H,19,23)(H,21,22). The van der Waals surface area contributed by atoms with Crippen molar-refractivity contribution in [3.05, 3.63) is 35.9 Å². The van der Waals surface area contributed by atoms with Crippen LogP contribution in [0, 0.1) is 0 Å². The van der Waals surface area contributed by atoms with Gasteiger partial charge in [-0.15, -0.1) is 0 Å². The monoisotopic (exact) mass is 315 g/mol. The highest BCUT2D eigenvalue weighted by Crippen LogP contribution is 2.19. The van der Waals surface area contributed by atoms with Gasteiger partial charge < -0.3 is 16.0 Å². The van der Waals surface area contributed by atoms with Gasteiger partial charge in [0.05, 0.1) is 6.54 Å². The largest absolute Gasteiger partial charge is 0.376 e. The highest BCUT2D eigenvalue weighted by Gasteiger charge is 2.05. The number of carbonyl (C=O) groups is 2. The Morgan fingerprint density at radius 2 is 1.83 bits per heavy atom. The number of hydrogen-bond donors (Lipinski definition) is 3. The van der Waals surface area contributed by atoms with Crippen molar-refractivity contribution in [2.45, 2.75) is 39.0 Å². The van der Waals surface area contributed by atoms with Gasteiger partial charge >= 0.3 is 0 Å². The Morgan fingerprint density at radius 1 is 1.09 bits per heavy atom. The van der Waals surface area contributed by atoms with Crippen LogP contribution < -0.4 is 16.0 Å². The molecule has 0 fully saturated rings. The first-order valence-electron chi connectivity index (χ1n) is 8.19. The van der Waals surface area contributed by atoms with Crippen molar-refractivity contribution in [3.63, 3.8) is 0 Å². The van der Waals surface area contributed by atoms with Crippen LogP contribution in [0.4, 0.5) is 11.4 Å². The Balaban J connectivity index is 1.65. The summed E-state index contributed by atoms with van der Waals surface area (Å²) in [7, 11) is 0. The third kappa shape index (κ3) is 6.55. The fraction of sp³-hybridized carbons (Fsp3) is 0.444. The molecule has 5 nitrogen and oxygen atoms in total. The van der Waals surface area contributed by atoms with Gasteiger partial charge in [-0.1, -0.05) is 11.6 Å². The topological polar surface area (TPSA) is 70.2 Å². The summed E-state index contributed by atoms with van der Waals surface area (Å²) in [5.41, 5.74) is 3.07. The number of nitrogens with one attached hydrogen (secondary N) is 3. The minimum absolute atomic E-state index is 0.00709. The Morgan fingerprint density at radius 3 is 2.48 bits per heavy atom. The molecule has 1 aromatic carbocycles. The fourth-order valence-electron chi connectivity index (χ4n) is 2.61. The van der Waals surface area contributed by atoms with E-state index in [0.29, 0.717) is 6.54 Å². The van der Waals surface area contributed by atoms with Crippen molar-refractivity contribution < 1.29 is 9.59 Å². The van der Waals surface area contributed by atoms with E-state index >= 15 is 0 Å². The number of carbonyl (C=O) groups excluding carboxylic acids is 2. The number of hydrogen-bond acceptors (Lipinski definition) is 3. The number of amides is 2. The summed E-state index contributed by atoms with van der Waals surface area (Å²) in [4.78, 5) is 22.8. The van der Waals surface area contributed by atoms with Gasteiger partial charge in [0.1, 0.15) is 0 Å². The Kier molecular flexibility index (Phi) is 6.66. The van der Waals surface area contributed by atoms with E-state index in [1.807, 2.05) is 12.1 Å². The molecule has 3 N–H and O–H groups in total. The van der Waals surface area contributed by atoms with Crippen molar-refractivity contribution in [2.24, 2.45) is 0 Å². The molecule has 0 unspecified atom stereocenters. The molecule has 23 heavy (non-hydrogen) atoms. The number of anilines is 2. The van der Waals surface area contributed by atoms with Gasteiger partial charge in [0.15, 0.2) is 0 Å². The average molecular weight is 315 g/mol. The molecule has 0 atom stereocenters. The first kappa shape index (κ1) is 17.1. The van der Waals surface area contributed by atoms with Crippen molar-refractivity contribution >= 4 is 23.2 Å². The molecule has 0 bridgehead atoms. The van der Waals surface area contributed by atoms with Crippen LogP contribution >= 0.6 is 0 Å². The third-order valence-electron chi connectivity index (χ3n) is 3.81. The van der Waals surface area contributed by atoms with E-state index < -0.39 is 0 Å². The molecular formula is C18H25N3O2. The summed E-state index contributed by atoms with van der Waals surface area (Å²) in [6.07, 6.45) is 8.19. The first-order valence-corrected chi connectivity index (χ1v) is 8.19. The molecule has 0 heterocycles. The SMILES string of the molecule is CC(=O)Nc1ccc(NCC(=O)NCCC2=CCCCC2)cc1. The molecule has 2 rings (SSSR count). The van der Waals surface area contributed by atoms with Gasteiger partial charge in [-0.25, -0.2) is 0 Å². The van der Waals surface area contributed by atoms with Crippen LogP contribution in [-0.2, 0) is 9.59 Å². The molecule has 0 aromatic heterocycles. The van der Waals surface area contributed by atoms with Gasteiger partial charge in [0.25, 0.3) is 0 Å². The molecule has 1 aliphatic rings. The van der Waals surface area contributed by atoms with E-state index in [-0.39, 0.29) is 18.4 Å². The van der Waals surface area contributed by atoms with Crippen LogP contribution in [0.3, 0.4) is 0 Å². The fourth-order valence-corrected chi connectivity index (χ4v) is 2.61. The highest BCUT2D eigenvalue weighted by atomic mass is 16.2. The summed E-state index contributed by atoms with van der Waals surface area (Å²) in [5.74, 6) is -0.106. The minimum Gasteiger partial charge on any atom is -0.376 e. The van der Waals surface area contributed by atoms with E-state index in [9.17, 15) is 9.59 Å². The molecular weight excluding hydrogens is 290 g/mol. The minimum atomic E-state index is -0.0989. The second-order valence-corrected chi connectivity index (χ2v) is 5.82. The van der Waals surface area contributed by atoms with Gasteiger partial charge in [-0.05, 0) is 56.4 Å². The number of benzene rings is 1. The van der Waals surface area contributed by atoms with Crippen molar-refractivity contribution in [1.29, 1.82) is 0 Å². The lowest BCUT2D eigenvalue weighted by atomic mass is 9.97. The second-order valence-electron chi connectivity index (χ2n) is 5.82. The lowest BCUT2D eigenvalue weighted by molar-refractivity contribution is -0.119. The predicted molar refractivity (Wildman–Crippen MR) is 93.4 cm³/mol. The lowest BCUT2D eigenvalue weighted by Crippen LogP contribution is -2.30. The van der Waals surface area contributed by atoms with E-state index in [2.05, 4.69) is 22.0 Å².